The first-order chi connectivity index (χ1) is 7.54. The number of aromatic nitrogens is 2. The second kappa shape index (κ2) is 4.24. The number of halogens is 3. The molecule has 0 atom stereocenters. The average Bonchev–Trinajstić information content (AvgIpc) is 2.20. The van der Waals surface area contributed by atoms with Gasteiger partial charge in [-0.15, -0.1) is 0 Å². The summed E-state index contributed by atoms with van der Waals surface area (Å²) in [6.07, 6.45) is 0. The summed E-state index contributed by atoms with van der Waals surface area (Å²) in [7, 11) is 1.43. The molecule has 0 aliphatic rings. The fourth-order valence-electron chi connectivity index (χ4n) is 1.38. The number of nitrogens with zero attached hydrogens (tertiary/aromatic N) is 1. The van der Waals surface area contributed by atoms with Crippen LogP contribution in [-0.2, 0) is 0 Å². The quantitative estimate of drug-likeness (QED) is 0.821. The van der Waals surface area contributed by atoms with Gasteiger partial charge >= 0.3 is 0 Å². The minimum absolute atomic E-state index is 0.0220. The molecule has 0 bridgehead atoms. The molecule has 0 aliphatic heterocycles. The molecule has 0 aliphatic carbocycles. The molecule has 0 saturated heterocycles. The third-order valence-electron chi connectivity index (χ3n) is 2.02. The second-order valence-corrected chi connectivity index (χ2v) is 4.55. The maximum Gasteiger partial charge on any atom is 0.263 e. The van der Waals surface area contributed by atoms with Crippen LogP contribution in [0.2, 0.25) is 10.3 Å². The molecule has 84 valence electrons. The van der Waals surface area contributed by atoms with E-state index in [9.17, 15) is 4.79 Å². The fraction of sp³-hybridized carbons (Fsp3) is 0.111. The molecule has 4 nitrogen and oxygen atoms in total. The molecule has 2 rings (SSSR count). The molecule has 1 N–H and O–H groups in total. The summed E-state index contributed by atoms with van der Waals surface area (Å²) in [5.74, 6) is 0.274. The summed E-state index contributed by atoms with van der Waals surface area (Å²) in [6, 6.07) is 1.61. The lowest BCUT2D eigenvalue weighted by atomic mass is 10.2. The van der Waals surface area contributed by atoms with E-state index in [2.05, 4.69) is 25.9 Å². The number of benzene rings is 1. The molecule has 0 fully saturated rings. The van der Waals surface area contributed by atoms with Crippen LogP contribution in [0.1, 0.15) is 0 Å². The zero-order chi connectivity index (χ0) is 11.9. The minimum atomic E-state index is -0.388. The normalized spacial score (nSPS) is 10.8. The van der Waals surface area contributed by atoms with Crippen molar-refractivity contribution in [3.05, 3.63) is 31.2 Å². The minimum Gasteiger partial charge on any atom is -0.494 e. The van der Waals surface area contributed by atoms with Crippen LogP contribution in [-0.4, -0.2) is 17.1 Å². The van der Waals surface area contributed by atoms with Crippen molar-refractivity contribution in [2.75, 3.05) is 7.11 Å². The van der Waals surface area contributed by atoms with E-state index in [0.29, 0.717) is 15.0 Å². The van der Waals surface area contributed by atoms with E-state index in [4.69, 9.17) is 27.9 Å². The van der Waals surface area contributed by atoms with Gasteiger partial charge in [-0.3, -0.25) is 9.78 Å². The van der Waals surface area contributed by atoms with Crippen molar-refractivity contribution < 1.29 is 4.74 Å². The van der Waals surface area contributed by atoms with Crippen molar-refractivity contribution in [1.29, 1.82) is 0 Å². The van der Waals surface area contributed by atoms with E-state index in [1.54, 1.807) is 6.07 Å². The molecule has 2 aromatic rings. The van der Waals surface area contributed by atoms with Gasteiger partial charge in [-0.25, -0.2) is 4.98 Å². The number of ether oxygens (including phenoxy) is 1. The smallest absolute Gasteiger partial charge is 0.263 e. The van der Waals surface area contributed by atoms with E-state index in [0.717, 1.165) is 0 Å². The molecular formula is C9H5BrCl2N2O2. The summed E-state index contributed by atoms with van der Waals surface area (Å²) >= 11 is 14.9. The number of fused-ring (bicyclic) bond motifs is 1. The first kappa shape index (κ1) is 11.7. The number of H-pyrrole nitrogens is 1. The number of aromatic amines is 1. The first-order valence-electron chi connectivity index (χ1n) is 4.16. The Hall–Kier alpha value is -0.780. The third-order valence-corrected chi connectivity index (χ3v) is 3.43. The molecule has 16 heavy (non-hydrogen) atoms. The van der Waals surface area contributed by atoms with Gasteiger partial charge in [0.2, 0.25) is 5.28 Å². The van der Waals surface area contributed by atoms with E-state index < -0.39 is 0 Å². The van der Waals surface area contributed by atoms with Gasteiger partial charge in [0.1, 0.15) is 5.39 Å². The summed E-state index contributed by atoms with van der Waals surface area (Å²) in [6.45, 7) is 0. The number of nitrogens with one attached hydrogen (secondary N) is 1. The van der Waals surface area contributed by atoms with Crippen LogP contribution >= 0.6 is 39.1 Å². The van der Waals surface area contributed by atoms with Gasteiger partial charge in [0.05, 0.1) is 17.6 Å². The predicted octanol–water partition coefficient (Wildman–Crippen LogP) is 3.00. The molecule has 0 radical (unpaired) electrons. The van der Waals surface area contributed by atoms with Gasteiger partial charge in [-0.2, -0.15) is 0 Å². The molecular weight excluding hydrogens is 319 g/mol. The number of methoxy groups -OCH3 is 1. The average molecular weight is 324 g/mol. The maximum atomic E-state index is 11.7. The van der Waals surface area contributed by atoms with Crippen molar-refractivity contribution >= 4 is 50.0 Å². The highest BCUT2D eigenvalue weighted by molar-refractivity contribution is 9.10. The Bertz CT molecular complexity index is 627. The van der Waals surface area contributed by atoms with Gasteiger partial charge in [0, 0.05) is 4.47 Å². The van der Waals surface area contributed by atoms with Gasteiger partial charge in [0.15, 0.2) is 5.75 Å². The van der Waals surface area contributed by atoms with Crippen LogP contribution in [0.15, 0.2) is 15.3 Å². The lowest BCUT2D eigenvalue weighted by Gasteiger charge is -2.08. The van der Waals surface area contributed by atoms with Crippen molar-refractivity contribution in [3.8, 4) is 5.75 Å². The molecule has 1 heterocycles. The highest BCUT2D eigenvalue weighted by Gasteiger charge is 2.15. The number of hydrogen-bond acceptors (Lipinski definition) is 3. The van der Waals surface area contributed by atoms with E-state index in [-0.39, 0.29) is 22.0 Å². The monoisotopic (exact) mass is 322 g/mol. The summed E-state index contributed by atoms with van der Waals surface area (Å²) in [5, 5.41) is 0.624. The van der Waals surface area contributed by atoms with Crippen molar-refractivity contribution in [2.45, 2.75) is 0 Å². The number of rotatable bonds is 1. The van der Waals surface area contributed by atoms with Crippen LogP contribution in [0.4, 0.5) is 0 Å². The van der Waals surface area contributed by atoms with Crippen LogP contribution in [0.3, 0.4) is 0 Å². The van der Waals surface area contributed by atoms with Crippen LogP contribution < -0.4 is 10.3 Å². The maximum absolute atomic E-state index is 11.7. The van der Waals surface area contributed by atoms with Crippen LogP contribution in [0.5, 0.6) is 5.75 Å². The van der Waals surface area contributed by atoms with Gasteiger partial charge in [-0.1, -0.05) is 11.6 Å². The lowest BCUT2D eigenvalue weighted by molar-refractivity contribution is 0.419. The van der Waals surface area contributed by atoms with Gasteiger partial charge in [-0.05, 0) is 33.6 Å². The highest BCUT2D eigenvalue weighted by Crippen LogP contribution is 2.37. The highest BCUT2D eigenvalue weighted by atomic mass is 79.9. The molecule has 0 unspecified atom stereocenters. The Morgan fingerprint density at radius 1 is 1.50 bits per heavy atom. The largest absolute Gasteiger partial charge is 0.494 e. The lowest BCUT2D eigenvalue weighted by Crippen LogP contribution is -2.09. The van der Waals surface area contributed by atoms with Gasteiger partial charge in [0.25, 0.3) is 5.56 Å². The van der Waals surface area contributed by atoms with Crippen molar-refractivity contribution in [2.24, 2.45) is 0 Å². The number of hydrogen-bond donors (Lipinski definition) is 1. The Kier molecular flexibility index (Phi) is 3.10. The van der Waals surface area contributed by atoms with Crippen molar-refractivity contribution in [1.82, 2.24) is 9.97 Å². The van der Waals surface area contributed by atoms with Crippen molar-refractivity contribution in [3.63, 3.8) is 0 Å². The van der Waals surface area contributed by atoms with Crippen LogP contribution in [0, 0.1) is 0 Å². The first-order valence-corrected chi connectivity index (χ1v) is 5.71. The Labute approximate surface area is 109 Å². The van der Waals surface area contributed by atoms with E-state index in [1.807, 2.05) is 0 Å². The van der Waals surface area contributed by atoms with E-state index in [1.165, 1.54) is 7.11 Å². The SMILES string of the molecule is COc1c(Cl)c(Br)cc2nc(Cl)[nH]c(=O)c12. The molecule has 0 saturated carbocycles. The molecule has 0 spiro atoms. The predicted molar refractivity (Wildman–Crippen MR) is 66.6 cm³/mol. The summed E-state index contributed by atoms with van der Waals surface area (Å²) < 4.78 is 5.69. The molecule has 1 aromatic carbocycles. The standard InChI is InChI=1S/C9H5BrCl2N2O2/c1-16-7-5-4(2-3(10)6(7)11)13-9(12)14-8(5)15/h2H,1H3,(H,13,14,15). The Balaban J connectivity index is 3.03. The zero-order valence-electron chi connectivity index (χ0n) is 7.97. The summed E-state index contributed by atoms with van der Waals surface area (Å²) in [5.41, 5.74) is 0.0307. The van der Waals surface area contributed by atoms with Crippen LogP contribution in [0.25, 0.3) is 10.9 Å². The Morgan fingerprint density at radius 3 is 2.81 bits per heavy atom. The topological polar surface area (TPSA) is 55.0 Å². The molecule has 0 amide bonds. The zero-order valence-corrected chi connectivity index (χ0v) is 11.1. The fourth-order valence-corrected chi connectivity index (χ4v) is 2.18. The second-order valence-electron chi connectivity index (χ2n) is 2.96. The van der Waals surface area contributed by atoms with E-state index >= 15 is 0 Å². The molecule has 7 heteroatoms. The summed E-state index contributed by atoms with van der Waals surface area (Å²) in [4.78, 5) is 18.1. The Morgan fingerprint density at radius 2 is 2.19 bits per heavy atom. The third kappa shape index (κ3) is 1.79. The molecule has 1 aromatic heterocycles. The van der Waals surface area contributed by atoms with Gasteiger partial charge < -0.3 is 4.74 Å².